The Bertz CT molecular complexity index is 403. The van der Waals surface area contributed by atoms with E-state index in [2.05, 4.69) is 42.1 Å². The second-order valence-corrected chi connectivity index (χ2v) is 7.61. The van der Waals surface area contributed by atoms with Gasteiger partial charge < -0.3 is 4.42 Å². The van der Waals surface area contributed by atoms with Gasteiger partial charge >= 0.3 is 0 Å². The van der Waals surface area contributed by atoms with Gasteiger partial charge in [-0.15, -0.1) is 0 Å². The summed E-state index contributed by atoms with van der Waals surface area (Å²) in [6, 6.07) is 2.05. The molecule has 1 saturated carbocycles. The molecule has 3 nitrogen and oxygen atoms in total. The molecule has 1 aliphatic rings. The Hall–Kier alpha value is -0.320. The highest BCUT2D eigenvalue weighted by Gasteiger charge is 2.34. The molecule has 1 aromatic rings. The second-order valence-electron chi connectivity index (χ2n) is 6.75. The highest BCUT2D eigenvalue weighted by atomic mass is 79.9. The van der Waals surface area contributed by atoms with Gasteiger partial charge in [0, 0.05) is 0 Å². The summed E-state index contributed by atoms with van der Waals surface area (Å²) in [5, 5.41) is 0. The molecule has 2 rings (SSSR count). The molecule has 1 atom stereocenters. The van der Waals surface area contributed by atoms with Gasteiger partial charge in [0.1, 0.15) is 5.76 Å². The number of hydrogen-bond donors (Lipinski definition) is 2. The monoisotopic (exact) mass is 328 g/mol. The van der Waals surface area contributed by atoms with Crippen molar-refractivity contribution in [2.75, 3.05) is 0 Å². The summed E-state index contributed by atoms with van der Waals surface area (Å²) >= 11 is 3.53. The van der Waals surface area contributed by atoms with Gasteiger partial charge in [-0.05, 0) is 64.9 Å². The third-order valence-corrected chi connectivity index (χ3v) is 5.23. The molecule has 0 radical (unpaired) electrons. The predicted octanol–water partition coefficient (Wildman–Crippen LogP) is 4.40. The van der Waals surface area contributed by atoms with Crippen LogP contribution in [0.4, 0.5) is 0 Å². The number of hydrogen-bond acceptors (Lipinski definition) is 3. The van der Waals surface area contributed by atoms with Crippen molar-refractivity contribution in [2.24, 2.45) is 23.1 Å². The maximum atomic E-state index is 5.75. The van der Waals surface area contributed by atoms with E-state index in [-0.39, 0.29) is 6.04 Å². The lowest BCUT2D eigenvalue weighted by atomic mass is 9.68. The lowest BCUT2D eigenvalue weighted by Gasteiger charge is -2.39. The largest absolute Gasteiger partial charge is 0.466 e. The minimum Gasteiger partial charge on any atom is -0.466 e. The molecule has 0 bridgehead atoms. The van der Waals surface area contributed by atoms with E-state index in [1.165, 1.54) is 25.7 Å². The van der Waals surface area contributed by atoms with Crippen LogP contribution in [0.2, 0.25) is 0 Å². The Balaban J connectivity index is 2.02. The molecule has 0 spiro atoms. The number of halogens is 1. The summed E-state index contributed by atoms with van der Waals surface area (Å²) in [6.45, 7) is 7.04. The Kier molecular flexibility index (Phi) is 4.75. The smallest absolute Gasteiger partial charge is 0.136 e. The third kappa shape index (κ3) is 3.41. The van der Waals surface area contributed by atoms with E-state index in [9.17, 15) is 0 Å². The topological polar surface area (TPSA) is 51.2 Å². The summed E-state index contributed by atoms with van der Waals surface area (Å²) in [5.41, 5.74) is 3.36. The molecule has 1 fully saturated rings. The fraction of sp³-hybridized carbons (Fsp3) is 0.733. The van der Waals surface area contributed by atoms with Crippen molar-refractivity contribution < 1.29 is 4.42 Å². The number of furan rings is 1. The predicted molar refractivity (Wildman–Crippen MR) is 81.4 cm³/mol. The van der Waals surface area contributed by atoms with Crippen LogP contribution < -0.4 is 11.3 Å². The minimum absolute atomic E-state index is 0.116. The SMILES string of the molecule is CC(C)(C)C1CCC(C(NN)c2occc2Br)CC1. The van der Waals surface area contributed by atoms with Crippen molar-refractivity contribution in [2.45, 2.75) is 52.5 Å². The number of rotatable bonds is 3. The fourth-order valence-corrected chi connectivity index (χ4v) is 3.72. The van der Waals surface area contributed by atoms with Crippen LogP contribution in [-0.4, -0.2) is 0 Å². The molecule has 0 aliphatic heterocycles. The fourth-order valence-electron chi connectivity index (χ4n) is 3.27. The first-order valence-electron chi connectivity index (χ1n) is 7.12. The van der Waals surface area contributed by atoms with Crippen LogP contribution in [-0.2, 0) is 0 Å². The second kappa shape index (κ2) is 5.98. The van der Waals surface area contributed by atoms with E-state index in [4.69, 9.17) is 10.3 Å². The van der Waals surface area contributed by atoms with E-state index in [1.807, 2.05) is 6.07 Å². The summed E-state index contributed by atoms with van der Waals surface area (Å²) in [6.07, 6.45) is 6.70. The van der Waals surface area contributed by atoms with E-state index < -0.39 is 0 Å². The minimum atomic E-state index is 0.116. The van der Waals surface area contributed by atoms with Crippen molar-refractivity contribution in [3.63, 3.8) is 0 Å². The van der Waals surface area contributed by atoms with Crippen molar-refractivity contribution >= 4 is 15.9 Å². The van der Waals surface area contributed by atoms with Gasteiger partial charge in [-0.1, -0.05) is 20.8 Å². The highest BCUT2D eigenvalue weighted by molar-refractivity contribution is 9.10. The first-order valence-corrected chi connectivity index (χ1v) is 7.91. The summed E-state index contributed by atoms with van der Waals surface area (Å²) in [7, 11) is 0. The molecule has 1 aliphatic carbocycles. The average molecular weight is 329 g/mol. The van der Waals surface area contributed by atoms with Gasteiger partial charge in [0.05, 0.1) is 16.8 Å². The summed E-state index contributed by atoms with van der Waals surface area (Å²) in [5.74, 6) is 8.07. The van der Waals surface area contributed by atoms with Crippen LogP contribution >= 0.6 is 15.9 Å². The molecule has 0 amide bonds. The molecule has 1 unspecified atom stereocenters. The standard InChI is InChI=1S/C15H25BrN2O/c1-15(2,3)11-6-4-10(5-7-11)13(18-17)14-12(16)8-9-19-14/h8-11,13,18H,4-7,17H2,1-3H3. The quantitative estimate of drug-likeness (QED) is 0.638. The molecule has 0 saturated heterocycles. The highest BCUT2D eigenvalue weighted by Crippen LogP contribution is 2.44. The van der Waals surface area contributed by atoms with Crippen molar-refractivity contribution in [1.29, 1.82) is 0 Å². The van der Waals surface area contributed by atoms with E-state index in [0.717, 1.165) is 16.2 Å². The molecular formula is C15H25BrN2O. The van der Waals surface area contributed by atoms with Gasteiger partial charge in [-0.2, -0.15) is 0 Å². The number of nitrogens with one attached hydrogen (secondary N) is 1. The van der Waals surface area contributed by atoms with E-state index in [1.54, 1.807) is 6.26 Å². The zero-order valence-corrected chi connectivity index (χ0v) is 13.7. The van der Waals surface area contributed by atoms with Crippen LogP contribution in [0.25, 0.3) is 0 Å². The van der Waals surface area contributed by atoms with E-state index >= 15 is 0 Å². The molecule has 1 aromatic heterocycles. The first kappa shape index (κ1) is 15.1. The molecule has 3 N–H and O–H groups in total. The Morgan fingerprint density at radius 2 is 1.95 bits per heavy atom. The summed E-state index contributed by atoms with van der Waals surface area (Å²) in [4.78, 5) is 0. The van der Waals surface area contributed by atoms with Gasteiger partial charge in [0.2, 0.25) is 0 Å². The zero-order chi connectivity index (χ0) is 14.0. The number of hydrazine groups is 1. The third-order valence-electron chi connectivity index (χ3n) is 4.57. The average Bonchev–Trinajstić information content (AvgIpc) is 2.76. The first-order chi connectivity index (χ1) is 8.93. The van der Waals surface area contributed by atoms with Crippen LogP contribution in [0.15, 0.2) is 21.2 Å². The van der Waals surface area contributed by atoms with E-state index in [0.29, 0.717) is 11.3 Å². The van der Waals surface area contributed by atoms with Crippen LogP contribution in [0, 0.1) is 17.3 Å². The molecule has 1 heterocycles. The molecule has 108 valence electrons. The van der Waals surface area contributed by atoms with Crippen LogP contribution in [0.1, 0.15) is 58.3 Å². The lowest BCUT2D eigenvalue weighted by Crippen LogP contribution is -2.36. The Morgan fingerprint density at radius 1 is 1.32 bits per heavy atom. The molecular weight excluding hydrogens is 304 g/mol. The van der Waals surface area contributed by atoms with Gasteiger partial charge in [-0.25, -0.2) is 5.43 Å². The molecule has 0 aromatic carbocycles. The maximum absolute atomic E-state index is 5.75. The lowest BCUT2D eigenvalue weighted by molar-refractivity contribution is 0.127. The molecule has 19 heavy (non-hydrogen) atoms. The Morgan fingerprint density at radius 3 is 2.37 bits per heavy atom. The van der Waals surface area contributed by atoms with Crippen LogP contribution in [0.3, 0.4) is 0 Å². The van der Waals surface area contributed by atoms with Gasteiger partial charge in [0.25, 0.3) is 0 Å². The summed E-state index contributed by atoms with van der Waals surface area (Å²) < 4.78 is 6.58. The van der Waals surface area contributed by atoms with Crippen molar-refractivity contribution in [3.05, 3.63) is 22.6 Å². The normalized spacial score (nSPS) is 26.4. The van der Waals surface area contributed by atoms with Gasteiger partial charge in [-0.3, -0.25) is 5.84 Å². The Labute approximate surface area is 124 Å². The van der Waals surface area contributed by atoms with Crippen LogP contribution in [0.5, 0.6) is 0 Å². The maximum Gasteiger partial charge on any atom is 0.136 e. The van der Waals surface area contributed by atoms with Gasteiger partial charge in [0.15, 0.2) is 0 Å². The zero-order valence-electron chi connectivity index (χ0n) is 12.1. The molecule has 4 heteroatoms. The van der Waals surface area contributed by atoms with Crippen molar-refractivity contribution in [3.8, 4) is 0 Å². The number of nitrogens with two attached hydrogens (primary N) is 1. The van der Waals surface area contributed by atoms with Crippen molar-refractivity contribution in [1.82, 2.24) is 5.43 Å².